The van der Waals surface area contributed by atoms with Gasteiger partial charge >= 0.3 is 0 Å². The van der Waals surface area contributed by atoms with E-state index in [1.807, 2.05) is 37.3 Å². The molecule has 0 aliphatic carbocycles. The second-order valence-corrected chi connectivity index (χ2v) is 4.28. The molecule has 3 heterocycles. The van der Waals surface area contributed by atoms with Crippen LogP contribution in [0.3, 0.4) is 0 Å². The minimum absolute atomic E-state index is 0.597. The van der Waals surface area contributed by atoms with Crippen molar-refractivity contribution in [3.05, 3.63) is 40.7 Å². The number of hydrogen-bond acceptors (Lipinski definition) is 3. The van der Waals surface area contributed by atoms with Crippen LogP contribution in [0.4, 0.5) is 0 Å². The van der Waals surface area contributed by atoms with E-state index in [1.54, 1.807) is 4.52 Å². The molecule has 80 valence electrons. The van der Waals surface area contributed by atoms with Gasteiger partial charge in [0.05, 0.1) is 0 Å². The molecule has 3 aromatic heterocycles. The lowest BCUT2D eigenvalue weighted by Gasteiger charge is -1.92. The van der Waals surface area contributed by atoms with Crippen molar-refractivity contribution < 1.29 is 4.42 Å². The Balaban J connectivity index is 2.22. The summed E-state index contributed by atoms with van der Waals surface area (Å²) in [5.74, 6) is 2.14. The van der Waals surface area contributed by atoms with Crippen molar-refractivity contribution in [1.82, 2.24) is 14.6 Å². The zero-order chi connectivity index (χ0) is 11.1. The molecule has 0 aliphatic rings. The number of pyridine rings is 1. The quantitative estimate of drug-likeness (QED) is 0.642. The van der Waals surface area contributed by atoms with Gasteiger partial charge in [-0.25, -0.2) is 9.50 Å². The van der Waals surface area contributed by atoms with Crippen molar-refractivity contribution in [2.75, 3.05) is 0 Å². The number of aryl methyl sites for hydroxylation is 1. The Hall–Kier alpha value is -1.62. The van der Waals surface area contributed by atoms with Crippen molar-refractivity contribution in [3.8, 4) is 11.6 Å². The number of nitrogens with zero attached hydrogens (tertiary/aromatic N) is 3. The van der Waals surface area contributed by atoms with E-state index in [0.717, 1.165) is 16.0 Å². The highest BCUT2D eigenvalue weighted by atomic mass is 79.9. The molecule has 5 heteroatoms. The lowest BCUT2D eigenvalue weighted by molar-refractivity contribution is 0.544. The zero-order valence-corrected chi connectivity index (χ0v) is 10.1. The summed E-state index contributed by atoms with van der Waals surface area (Å²) < 4.78 is 8.08. The number of rotatable bonds is 1. The van der Waals surface area contributed by atoms with Crippen molar-refractivity contribution >= 4 is 21.6 Å². The van der Waals surface area contributed by atoms with E-state index in [9.17, 15) is 0 Å². The number of halogens is 1. The van der Waals surface area contributed by atoms with Crippen LogP contribution in [0.5, 0.6) is 0 Å². The molecule has 0 fully saturated rings. The van der Waals surface area contributed by atoms with E-state index < -0.39 is 0 Å². The van der Waals surface area contributed by atoms with Gasteiger partial charge in [-0.15, -0.1) is 5.10 Å². The summed E-state index contributed by atoms with van der Waals surface area (Å²) in [4.78, 5) is 4.39. The number of hydrogen-bond donors (Lipinski definition) is 0. The number of furan rings is 1. The van der Waals surface area contributed by atoms with Crippen molar-refractivity contribution in [1.29, 1.82) is 0 Å². The lowest BCUT2D eigenvalue weighted by atomic mass is 10.4. The van der Waals surface area contributed by atoms with E-state index in [4.69, 9.17) is 4.42 Å². The molecule has 3 aromatic rings. The van der Waals surface area contributed by atoms with Gasteiger partial charge in [0.2, 0.25) is 5.82 Å². The molecule has 0 spiro atoms. The van der Waals surface area contributed by atoms with Crippen LogP contribution in [0.2, 0.25) is 0 Å². The van der Waals surface area contributed by atoms with Crippen LogP contribution in [0.15, 0.2) is 39.4 Å². The molecule has 0 atom stereocenters. The first-order valence-corrected chi connectivity index (χ1v) is 5.61. The predicted molar refractivity (Wildman–Crippen MR) is 63.1 cm³/mol. The van der Waals surface area contributed by atoms with Crippen LogP contribution in [0.25, 0.3) is 17.2 Å². The zero-order valence-electron chi connectivity index (χ0n) is 8.51. The molecular weight excluding hydrogens is 270 g/mol. The van der Waals surface area contributed by atoms with Crippen LogP contribution in [-0.2, 0) is 0 Å². The smallest absolute Gasteiger partial charge is 0.217 e. The highest BCUT2D eigenvalue weighted by Gasteiger charge is 2.10. The molecule has 0 aliphatic heterocycles. The first kappa shape index (κ1) is 9.59. The van der Waals surface area contributed by atoms with E-state index in [2.05, 4.69) is 26.0 Å². The highest BCUT2D eigenvalue weighted by molar-refractivity contribution is 9.10. The molecular formula is C11H8BrN3O. The largest absolute Gasteiger partial charge is 0.458 e. The second kappa shape index (κ2) is 3.45. The Morgan fingerprint density at radius 1 is 1.25 bits per heavy atom. The van der Waals surface area contributed by atoms with Gasteiger partial charge in [0.15, 0.2) is 11.4 Å². The summed E-state index contributed by atoms with van der Waals surface area (Å²) in [6.45, 7) is 1.90. The van der Waals surface area contributed by atoms with E-state index in [-0.39, 0.29) is 0 Å². The van der Waals surface area contributed by atoms with Gasteiger partial charge in [0.1, 0.15) is 10.4 Å². The third-order valence-electron chi connectivity index (χ3n) is 2.27. The van der Waals surface area contributed by atoms with Crippen LogP contribution in [-0.4, -0.2) is 14.6 Å². The van der Waals surface area contributed by atoms with E-state index in [0.29, 0.717) is 11.6 Å². The van der Waals surface area contributed by atoms with Gasteiger partial charge in [-0.2, -0.15) is 0 Å². The number of fused-ring (bicyclic) bond motifs is 1. The highest BCUT2D eigenvalue weighted by Crippen LogP contribution is 2.20. The third-order valence-corrected chi connectivity index (χ3v) is 2.87. The normalized spacial score (nSPS) is 11.1. The van der Waals surface area contributed by atoms with Crippen LogP contribution < -0.4 is 0 Å². The monoisotopic (exact) mass is 277 g/mol. The molecule has 0 aromatic carbocycles. The fourth-order valence-corrected chi connectivity index (χ4v) is 1.95. The Labute approximate surface area is 100 Å². The molecule has 3 rings (SSSR count). The Kier molecular flexibility index (Phi) is 2.07. The summed E-state index contributed by atoms with van der Waals surface area (Å²) in [6, 6.07) is 9.51. The van der Waals surface area contributed by atoms with Gasteiger partial charge in [-0.3, -0.25) is 0 Å². The van der Waals surface area contributed by atoms with Gasteiger partial charge < -0.3 is 4.42 Å². The Bertz CT molecular complexity index is 656. The standard InChI is InChI=1S/C11H8BrN3O/c1-7-5-6-8(16-7)11-13-10-4-2-3-9(12)15(10)14-11/h2-6H,1H3. The summed E-state index contributed by atoms with van der Waals surface area (Å²) >= 11 is 3.42. The minimum Gasteiger partial charge on any atom is -0.458 e. The maximum Gasteiger partial charge on any atom is 0.217 e. The van der Waals surface area contributed by atoms with Crippen LogP contribution >= 0.6 is 15.9 Å². The summed E-state index contributed by atoms with van der Waals surface area (Å²) in [6.07, 6.45) is 0. The first-order chi connectivity index (χ1) is 7.74. The van der Waals surface area contributed by atoms with Crippen molar-refractivity contribution in [2.24, 2.45) is 0 Å². The van der Waals surface area contributed by atoms with E-state index >= 15 is 0 Å². The second-order valence-electron chi connectivity index (χ2n) is 3.46. The predicted octanol–water partition coefficient (Wildman–Crippen LogP) is 3.06. The Morgan fingerprint density at radius 2 is 2.12 bits per heavy atom. The summed E-state index contributed by atoms with van der Waals surface area (Å²) in [5, 5.41) is 4.36. The summed E-state index contributed by atoms with van der Waals surface area (Å²) in [7, 11) is 0. The average Bonchev–Trinajstić information content (AvgIpc) is 2.84. The van der Waals surface area contributed by atoms with Gasteiger partial charge in [0, 0.05) is 0 Å². The molecule has 0 saturated carbocycles. The van der Waals surface area contributed by atoms with Gasteiger partial charge in [0.25, 0.3) is 0 Å². The van der Waals surface area contributed by atoms with Crippen molar-refractivity contribution in [2.45, 2.75) is 6.92 Å². The fourth-order valence-electron chi connectivity index (χ4n) is 1.53. The minimum atomic E-state index is 0.597. The third kappa shape index (κ3) is 1.44. The fraction of sp³-hybridized carbons (Fsp3) is 0.0909. The molecule has 0 saturated heterocycles. The van der Waals surface area contributed by atoms with Gasteiger partial charge in [-0.05, 0) is 47.1 Å². The Morgan fingerprint density at radius 3 is 2.81 bits per heavy atom. The first-order valence-electron chi connectivity index (χ1n) is 4.82. The van der Waals surface area contributed by atoms with Crippen LogP contribution in [0, 0.1) is 6.92 Å². The molecule has 16 heavy (non-hydrogen) atoms. The van der Waals surface area contributed by atoms with Gasteiger partial charge in [-0.1, -0.05) is 6.07 Å². The molecule has 0 radical (unpaired) electrons. The average molecular weight is 278 g/mol. The maximum absolute atomic E-state index is 5.49. The van der Waals surface area contributed by atoms with Crippen LogP contribution in [0.1, 0.15) is 5.76 Å². The molecule has 4 nitrogen and oxygen atoms in total. The topological polar surface area (TPSA) is 43.3 Å². The molecule has 0 amide bonds. The summed E-state index contributed by atoms with van der Waals surface area (Å²) in [5.41, 5.74) is 0.790. The SMILES string of the molecule is Cc1ccc(-c2nc3cccc(Br)n3n2)o1. The maximum atomic E-state index is 5.49. The molecule has 0 N–H and O–H groups in total. The lowest BCUT2D eigenvalue weighted by Crippen LogP contribution is -1.88. The van der Waals surface area contributed by atoms with E-state index in [1.165, 1.54) is 0 Å². The van der Waals surface area contributed by atoms with Crippen molar-refractivity contribution in [3.63, 3.8) is 0 Å². The number of aromatic nitrogens is 3. The molecule has 0 bridgehead atoms. The molecule has 0 unspecified atom stereocenters.